The van der Waals surface area contributed by atoms with Crippen LogP contribution in [0.25, 0.3) is 0 Å². The number of hydrogen-bond acceptors (Lipinski definition) is 5. The van der Waals surface area contributed by atoms with Gasteiger partial charge in [-0.3, -0.25) is 14.3 Å². The number of carbonyl (C=O) groups is 2. The van der Waals surface area contributed by atoms with Crippen LogP contribution in [0.1, 0.15) is 68.0 Å². The molecule has 4 rings (SSSR count). The standard InChI is InChI=1S/C32H36N2O5/c1-5-7-26(19-30(35)36)25-10-12-28(13-11-25)38-22-24-9-6-8-23(18-24)20-33-16-15-29-27(21-33)14-17-34(29)31(37)39-32(2,3)4/h6,8-14,17-18,26H,15-16,19-22H2,1-4H3,(H,35,36). The minimum atomic E-state index is -0.868. The molecule has 0 bridgehead atoms. The third-order valence-corrected chi connectivity index (χ3v) is 6.52. The number of fused-ring (bicyclic) bond motifs is 1. The van der Waals surface area contributed by atoms with Crippen molar-refractivity contribution in [1.29, 1.82) is 0 Å². The summed E-state index contributed by atoms with van der Waals surface area (Å²) >= 11 is 0. The van der Waals surface area contributed by atoms with E-state index in [2.05, 4.69) is 28.9 Å². The van der Waals surface area contributed by atoms with Gasteiger partial charge in [0.05, 0.1) is 12.3 Å². The third kappa shape index (κ3) is 7.75. The molecule has 0 spiro atoms. The van der Waals surface area contributed by atoms with Crippen LogP contribution in [-0.2, 0) is 35.6 Å². The molecule has 2 heterocycles. The van der Waals surface area contributed by atoms with Crippen LogP contribution in [0.5, 0.6) is 5.75 Å². The predicted molar refractivity (Wildman–Crippen MR) is 150 cm³/mol. The second-order valence-corrected chi connectivity index (χ2v) is 10.8. The number of carboxylic acid groups (broad SMARTS) is 1. The molecule has 0 radical (unpaired) electrons. The van der Waals surface area contributed by atoms with Crippen LogP contribution < -0.4 is 4.74 Å². The topological polar surface area (TPSA) is 81.0 Å². The Balaban J connectivity index is 1.33. The predicted octanol–water partition coefficient (Wildman–Crippen LogP) is 5.99. The van der Waals surface area contributed by atoms with E-state index in [0.29, 0.717) is 6.61 Å². The molecule has 1 unspecified atom stereocenters. The Bertz CT molecular complexity index is 1370. The van der Waals surface area contributed by atoms with Gasteiger partial charge in [-0.1, -0.05) is 42.3 Å². The van der Waals surface area contributed by atoms with Crippen molar-refractivity contribution in [2.45, 2.75) is 71.8 Å². The molecule has 0 saturated carbocycles. The zero-order valence-electron chi connectivity index (χ0n) is 23.1. The number of rotatable bonds is 8. The molecule has 1 N–H and O–H groups in total. The zero-order chi connectivity index (χ0) is 28.0. The van der Waals surface area contributed by atoms with Crippen molar-refractivity contribution in [3.8, 4) is 17.6 Å². The highest BCUT2D eigenvalue weighted by atomic mass is 16.6. The van der Waals surface area contributed by atoms with Gasteiger partial charge >= 0.3 is 12.1 Å². The first-order valence-corrected chi connectivity index (χ1v) is 13.2. The maximum atomic E-state index is 12.6. The number of carboxylic acids is 1. The minimum absolute atomic E-state index is 0.0261. The summed E-state index contributed by atoms with van der Waals surface area (Å²) in [5.41, 5.74) is 4.81. The van der Waals surface area contributed by atoms with Crippen LogP contribution >= 0.6 is 0 Å². The first kappa shape index (κ1) is 28.0. The molecule has 204 valence electrons. The molecular formula is C32H36N2O5. The van der Waals surface area contributed by atoms with Gasteiger partial charge in [0, 0.05) is 37.9 Å². The molecule has 1 atom stereocenters. The largest absolute Gasteiger partial charge is 0.489 e. The van der Waals surface area contributed by atoms with E-state index in [4.69, 9.17) is 14.6 Å². The third-order valence-electron chi connectivity index (χ3n) is 6.52. The minimum Gasteiger partial charge on any atom is -0.489 e. The molecule has 0 aliphatic carbocycles. The molecule has 0 amide bonds. The van der Waals surface area contributed by atoms with Gasteiger partial charge in [0.2, 0.25) is 0 Å². The Morgan fingerprint density at radius 2 is 1.82 bits per heavy atom. The Labute approximate surface area is 230 Å². The number of nitrogens with zero attached hydrogens (tertiary/aromatic N) is 2. The molecule has 1 aliphatic heterocycles. The van der Waals surface area contributed by atoms with Crippen molar-refractivity contribution < 1.29 is 24.2 Å². The number of hydrogen-bond donors (Lipinski definition) is 1. The van der Waals surface area contributed by atoms with Gasteiger partial charge in [-0.2, -0.15) is 0 Å². The van der Waals surface area contributed by atoms with Crippen LogP contribution in [0.4, 0.5) is 4.79 Å². The van der Waals surface area contributed by atoms with Crippen molar-refractivity contribution >= 4 is 12.1 Å². The van der Waals surface area contributed by atoms with E-state index in [1.54, 1.807) is 11.5 Å². The molecule has 0 fully saturated rings. The lowest BCUT2D eigenvalue weighted by molar-refractivity contribution is -0.137. The van der Waals surface area contributed by atoms with Crippen LogP contribution in [0.3, 0.4) is 0 Å². The molecule has 7 nitrogen and oxygen atoms in total. The van der Waals surface area contributed by atoms with Crippen molar-refractivity contribution in [3.63, 3.8) is 0 Å². The van der Waals surface area contributed by atoms with E-state index < -0.39 is 11.6 Å². The number of carbonyl (C=O) groups excluding carboxylic acids is 1. The lowest BCUT2D eigenvalue weighted by atomic mass is 9.96. The Hall–Kier alpha value is -4.02. The van der Waals surface area contributed by atoms with Crippen molar-refractivity contribution in [2.24, 2.45) is 0 Å². The van der Waals surface area contributed by atoms with E-state index in [1.165, 1.54) is 5.56 Å². The lowest BCUT2D eigenvalue weighted by Crippen LogP contribution is -2.33. The maximum Gasteiger partial charge on any atom is 0.418 e. The highest BCUT2D eigenvalue weighted by molar-refractivity contribution is 5.72. The summed E-state index contributed by atoms with van der Waals surface area (Å²) in [6.45, 7) is 10.2. The first-order chi connectivity index (χ1) is 18.6. The summed E-state index contributed by atoms with van der Waals surface area (Å²) < 4.78 is 13.2. The monoisotopic (exact) mass is 528 g/mol. The SMILES string of the molecule is CC#CC(CC(=O)O)c1ccc(OCc2cccc(CN3CCc4c(ccn4C(=O)OC(C)(C)C)C3)c2)cc1. The van der Waals surface area contributed by atoms with Crippen molar-refractivity contribution in [1.82, 2.24) is 9.47 Å². The van der Waals surface area contributed by atoms with E-state index in [0.717, 1.165) is 54.2 Å². The van der Waals surface area contributed by atoms with Gasteiger partial charge in [-0.25, -0.2) is 4.79 Å². The smallest absolute Gasteiger partial charge is 0.418 e. The number of aromatic nitrogens is 1. The summed E-state index contributed by atoms with van der Waals surface area (Å²) in [5, 5.41) is 9.15. The molecule has 0 saturated heterocycles. The van der Waals surface area contributed by atoms with Gasteiger partial charge in [0.1, 0.15) is 18.0 Å². The van der Waals surface area contributed by atoms with Crippen LogP contribution in [0.2, 0.25) is 0 Å². The summed E-state index contributed by atoms with van der Waals surface area (Å²) in [6, 6.07) is 17.9. The van der Waals surface area contributed by atoms with Crippen molar-refractivity contribution in [3.05, 3.63) is 88.7 Å². The fraction of sp³-hybridized carbons (Fsp3) is 0.375. The Morgan fingerprint density at radius 1 is 1.08 bits per heavy atom. The molecule has 7 heteroatoms. The number of ether oxygens (including phenoxy) is 2. The second-order valence-electron chi connectivity index (χ2n) is 10.8. The van der Waals surface area contributed by atoms with Gasteiger partial charge in [0.15, 0.2) is 0 Å². The summed E-state index contributed by atoms with van der Waals surface area (Å²) in [4.78, 5) is 26.1. The number of benzene rings is 2. The molecular weight excluding hydrogens is 492 g/mol. The molecule has 2 aromatic carbocycles. The normalized spacial score (nSPS) is 14.1. The fourth-order valence-corrected chi connectivity index (χ4v) is 4.77. The van der Waals surface area contributed by atoms with E-state index in [1.807, 2.05) is 69.4 Å². The average molecular weight is 529 g/mol. The molecule has 1 aliphatic rings. The van der Waals surface area contributed by atoms with Gasteiger partial charge in [-0.15, -0.1) is 5.92 Å². The quantitative estimate of drug-likeness (QED) is 0.362. The lowest BCUT2D eigenvalue weighted by Gasteiger charge is -2.28. The van der Waals surface area contributed by atoms with Crippen LogP contribution in [-0.4, -0.2) is 38.8 Å². The summed E-state index contributed by atoms with van der Waals surface area (Å²) in [7, 11) is 0. The van der Waals surface area contributed by atoms with E-state index in [-0.39, 0.29) is 18.4 Å². The highest BCUT2D eigenvalue weighted by Crippen LogP contribution is 2.25. The second kappa shape index (κ2) is 12.2. The van der Waals surface area contributed by atoms with Gasteiger partial charge < -0.3 is 14.6 Å². The Kier molecular flexibility index (Phi) is 8.78. The van der Waals surface area contributed by atoms with Crippen LogP contribution in [0, 0.1) is 11.8 Å². The summed E-state index contributed by atoms with van der Waals surface area (Å²) in [5.74, 6) is 5.31. The van der Waals surface area contributed by atoms with E-state index in [9.17, 15) is 9.59 Å². The molecule has 39 heavy (non-hydrogen) atoms. The average Bonchev–Trinajstić information content (AvgIpc) is 3.30. The van der Waals surface area contributed by atoms with Crippen LogP contribution in [0.15, 0.2) is 60.8 Å². The molecule has 1 aromatic heterocycles. The van der Waals surface area contributed by atoms with Crippen molar-refractivity contribution in [2.75, 3.05) is 6.54 Å². The summed E-state index contributed by atoms with van der Waals surface area (Å²) in [6.07, 6.45) is 2.25. The van der Waals surface area contributed by atoms with Gasteiger partial charge in [-0.05, 0) is 68.1 Å². The molecule has 3 aromatic rings. The fourth-order valence-electron chi connectivity index (χ4n) is 4.77. The highest BCUT2D eigenvalue weighted by Gasteiger charge is 2.25. The number of aliphatic carboxylic acids is 1. The van der Waals surface area contributed by atoms with Gasteiger partial charge in [0.25, 0.3) is 0 Å². The first-order valence-electron chi connectivity index (χ1n) is 13.2. The maximum absolute atomic E-state index is 12.6. The van der Waals surface area contributed by atoms with E-state index >= 15 is 0 Å². The Morgan fingerprint density at radius 3 is 2.51 bits per heavy atom. The zero-order valence-corrected chi connectivity index (χ0v) is 23.1.